The number of amides is 1. The van der Waals surface area contributed by atoms with Gasteiger partial charge in [0, 0.05) is 11.9 Å². The van der Waals surface area contributed by atoms with Gasteiger partial charge in [0.1, 0.15) is 17.8 Å². The maximum atomic E-state index is 11.4. The van der Waals surface area contributed by atoms with Crippen LogP contribution in [0.3, 0.4) is 0 Å². The van der Waals surface area contributed by atoms with Gasteiger partial charge in [-0.05, 0) is 20.8 Å². The van der Waals surface area contributed by atoms with E-state index in [-0.39, 0.29) is 17.2 Å². The highest BCUT2D eigenvalue weighted by Crippen LogP contribution is 2.18. The van der Waals surface area contributed by atoms with Gasteiger partial charge in [-0.2, -0.15) is 0 Å². The first-order valence-corrected chi connectivity index (χ1v) is 6.84. The van der Waals surface area contributed by atoms with Crippen LogP contribution in [0.2, 0.25) is 0 Å². The molecule has 0 spiro atoms. The van der Waals surface area contributed by atoms with Crippen LogP contribution in [0.1, 0.15) is 42.4 Å². The van der Waals surface area contributed by atoms with Gasteiger partial charge in [-0.25, -0.2) is 9.78 Å². The first-order valence-electron chi connectivity index (χ1n) is 5.96. The lowest BCUT2D eigenvalue weighted by molar-refractivity contribution is 0.0111. The van der Waals surface area contributed by atoms with Gasteiger partial charge in [-0.1, -0.05) is 0 Å². The van der Waals surface area contributed by atoms with Crippen molar-refractivity contribution in [2.75, 3.05) is 6.54 Å². The number of aldehydes is 1. The molecule has 0 bridgehead atoms. The fourth-order valence-corrected chi connectivity index (χ4v) is 1.95. The molecule has 1 aromatic heterocycles. The summed E-state index contributed by atoms with van der Waals surface area (Å²) in [7, 11) is 0. The van der Waals surface area contributed by atoms with Gasteiger partial charge in [0.05, 0.1) is 5.69 Å². The lowest BCUT2D eigenvalue weighted by Crippen LogP contribution is -2.38. The number of nitrogens with one attached hydrogen (secondary N) is 1. The molecule has 1 rings (SSSR count). The first kappa shape index (κ1) is 16.5. The molecule has 0 aliphatic carbocycles. The summed E-state index contributed by atoms with van der Waals surface area (Å²) < 4.78 is 4.99. The van der Waals surface area contributed by atoms with Crippen molar-refractivity contribution >= 4 is 23.7 Å². The van der Waals surface area contributed by atoms with Gasteiger partial charge in [0.2, 0.25) is 0 Å². The van der Waals surface area contributed by atoms with Crippen molar-refractivity contribution < 1.29 is 24.5 Å². The number of aliphatic hydroxyl groups excluding tert-OH is 2. The van der Waals surface area contributed by atoms with Crippen LogP contribution in [-0.2, 0) is 4.74 Å². The van der Waals surface area contributed by atoms with Gasteiger partial charge in [0.25, 0.3) is 0 Å². The topological polar surface area (TPSA) is 109 Å². The highest BCUT2D eigenvalue weighted by Gasteiger charge is 2.23. The highest BCUT2D eigenvalue weighted by atomic mass is 32.1. The Morgan fingerprint density at radius 3 is 2.70 bits per heavy atom. The van der Waals surface area contributed by atoms with Crippen LogP contribution in [0.25, 0.3) is 0 Å². The van der Waals surface area contributed by atoms with Gasteiger partial charge in [-0.3, -0.25) is 4.79 Å². The normalized spacial score (nSPS) is 14.4. The van der Waals surface area contributed by atoms with Crippen molar-refractivity contribution in [3.63, 3.8) is 0 Å². The SMILES string of the molecule is CC(C)(C)OC(=O)NCC(O)C(O)c1csc(C=O)n1. The first-order chi connectivity index (χ1) is 9.23. The largest absolute Gasteiger partial charge is 0.444 e. The number of carbonyl (C=O) groups is 2. The number of aliphatic hydroxyl groups is 2. The summed E-state index contributed by atoms with van der Waals surface area (Å²) in [5.74, 6) is 0. The second-order valence-corrected chi connectivity index (χ2v) is 6.01. The van der Waals surface area contributed by atoms with Crippen LogP contribution >= 0.6 is 11.3 Å². The highest BCUT2D eigenvalue weighted by molar-refractivity contribution is 7.11. The van der Waals surface area contributed by atoms with E-state index < -0.39 is 23.9 Å². The van der Waals surface area contributed by atoms with E-state index in [1.54, 1.807) is 20.8 Å². The quantitative estimate of drug-likeness (QED) is 0.697. The van der Waals surface area contributed by atoms with Crippen molar-refractivity contribution in [1.29, 1.82) is 0 Å². The lowest BCUT2D eigenvalue weighted by atomic mass is 10.1. The molecule has 0 fully saturated rings. The Bertz CT molecular complexity index is 469. The summed E-state index contributed by atoms with van der Waals surface area (Å²) in [6, 6.07) is 0. The smallest absolute Gasteiger partial charge is 0.407 e. The number of carbonyl (C=O) groups excluding carboxylic acids is 2. The summed E-state index contributed by atoms with van der Waals surface area (Å²) in [6.45, 7) is 4.96. The predicted octanol–water partition coefficient (Wildman–Crippen LogP) is 0.875. The average Bonchev–Trinajstić information content (AvgIpc) is 2.81. The van der Waals surface area contributed by atoms with Gasteiger partial charge < -0.3 is 20.3 Å². The molecule has 1 heterocycles. The van der Waals surface area contributed by atoms with E-state index in [1.165, 1.54) is 5.38 Å². The molecule has 0 aliphatic rings. The number of thiazole rings is 1. The summed E-state index contributed by atoms with van der Waals surface area (Å²) in [4.78, 5) is 25.7. The van der Waals surface area contributed by atoms with E-state index in [0.717, 1.165) is 11.3 Å². The molecule has 2 atom stereocenters. The molecule has 0 radical (unpaired) electrons. The third kappa shape index (κ3) is 5.24. The van der Waals surface area contributed by atoms with Crippen molar-refractivity contribution in [2.24, 2.45) is 0 Å². The zero-order valence-corrected chi connectivity index (χ0v) is 12.3. The predicted molar refractivity (Wildman–Crippen MR) is 72.7 cm³/mol. The summed E-state index contributed by atoms with van der Waals surface area (Å²) in [5, 5.41) is 23.6. The van der Waals surface area contributed by atoms with E-state index in [9.17, 15) is 19.8 Å². The molecule has 2 unspecified atom stereocenters. The van der Waals surface area contributed by atoms with Crippen LogP contribution < -0.4 is 5.32 Å². The van der Waals surface area contributed by atoms with Gasteiger partial charge in [-0.15, -0.1) is 11.3 Å². The summed E-state index contributed by atoms with van der Waals surface area (Å²) in [6.07, 6.45) is -2.65. The van der Waals surface area contributed by atoms with Crippen LogP contribution in [0.15, 0.2) is 5.38 Å². The Balaban J connectivity index is 2.47. The number of alkyl carbamates (subject to hydrolysis) is 1. The minimum Gasteiger partial charge on any atom is -0.444 e. The van der Waals surface area contributed by atoms with E-state index in [0.29, 0.717) is 6.29 Å². The van der Waals surface area contributed by atoms with Crippen LogP contribution in [0.4, 0.5) is 4.79 Å². The molecule has 1 aromatic rings. The molecular weight excluding hydrogens is 284 g/mol. The molecule has 0 saturated carbocycles. The number of aromatic nitrogens is 1. The van der Waals surface area contributed by atoms with E-state index in [1.807, 2.05) is 0 Å². The molecule has 112 valence electrons. The second-order valence-electron chi connectivity index (χ2n) is 5.12. The van der Waals surface area contributed by atoms with E-state index in [4.69, 9.17) is 4.74 Å². The van der Waals surface area contributed by atoms with Crippen molar-refractivity contribution in [3.05, 3.63) is 16.1 Å². The Labute approximate surface area is 120 Å². The Morgan fingerprint density at radius 1 is 1.55 bits per heavy atom. The molecule has 0 aliphatic heterocycles. The Morgan fingerprint density at radius 2 is 2.20 bits per heavy atom. The molecule has 1 amide bonds. The molecule has 8 heteroatoms. The summed E-state index contributed by atoms with van der Waals surface area (Å²) in [5.41, 5.74) is -0.447. The summed E-state index contributed by atoms with van der Waals surface area (Å²) >= 11 is 1.07. The lowest BCUT2D eigenvalue weighted by Gasteiger charge is -2.21. The molecule has 20 heavy (non-hydrogen) atoms. The third-order valence-electron chi connectivity index (χ3n) is 2.16. The maximum absolute atomic E-state index is 11.4. The molecular formula is C12H18N2O5S. The fraction of sp³-hybridized carbons (Fsp3) is 0.583. The van der Waals surface area contributed by atoms with Crippen LogP contribution in [0, 0.1) is 0 Å². The third-order valence-corrected chi connectivity index (χ3v) is 2.95. The van der Waals surface area contributed by atoms with Crippen molar-refractivity contribution in [2.45, 2.75) is 38.6 Å². The number of rotatable bonds is 5. The molecule has 0 aromatic carbocycles. The standard InChI is InChI=1S/C12H18N2O5S/c1-12(2,3)19-11(18)13-4-8(16)10(17)7-6-20-9(5-15)14-7/h5-6,8,10,16-17H,4H2,1-3H3,(H,13,18). The van der Waals surface area contributed by atoms with Gasteiger partial charge in [0.15, 0.2) is 11.3 Å². The Kier molecular flexibility index (Phi) is 5.61. The van der Waals surface area contributed by atoms with Gasteiger partial charge >= 0.3 is 6.09 Å². The van der Waals surface area contributed by atoms with Crippen LogP contribution in [-0.4, -0.2) is 45.8 Å². The zero-order valence-electron chi connectivity index (χ0n) is 11.5. The van der Waals surface area contributed by atoms with Crippen molar-refractivity contribution in [1.82, 2.24) is 10.3 Å². The van der Waals surface area contributed by atoms with Crippen molar-refractivity contribution in [3.8, 4) is 0 Å². The maximum Gasteiger partial charge on any atom is 0.407 e. The minimum absolute atomic E-state index is 0.190. The minimum atomic E-state index is -1.28. The average molecular weight is 302 g/mol. The Hall–Kier alpha value is -1.51. The number of nitrogens with zero attached hydrogens (tertiary/aromatic N) is 1. The number of ether oxygens (including phenoxy) is 1. The van der Waals surface area contributed by atoms with Crippen LogP contribution in [0.5, 0.6) is 0 Å². The monoisotopic (exact) mass is 302 g/mol. The zero-order chi connectivity index (χ0) is 15.3. The molecule has 3 N–H and O–H groups in total. The fourth-order valence-electron chi connectivity index (χ4n) is 1.30. The van der Waals surface area contributed by atoms with E-state index >= 15 is 0 Å². The second kappa shape index (κ2) is 6.78. The molecule has 7 nitrogen and oxygen atoms in total. The number of hydrogen-bond donors (Lipinski definition) is 3. The van der Waals surface area contributed by atoms with E-state index in [2.05, 4.69) is 10.3 Å². The number of hydrogen-bond acceptors (Lipinski definition) is 7. The molecule has 0 saturated heterocycles.